The maximum absolute atomic E-state index is 13.1. The highest BCUT2D eigenvalue weighted by molar-refractivity contribution is 7.86. The Morgan fingerprint density at radius 2 is 1.60 bits per heavy atom. The molecule has 2 aliphatic heterocycles. The van der Waals surface area contributed by atoms with Crippen LogP contribution in [-0.4, -0.2) is 81.0 Å². The summed E-state index contributed by atoms with van der Waals surface area (Å²) >= 11 is 0. The number of piperidine rings is 1. The van der Waals surface area contributed by atoms with E-state index in [-0.39, 0.29) is 0 Å². The van der Waals surface area contributed by atoms with E-state index in [0.717, 1.165) is 32.4 Å². The van der Waals surface area contributed by atoms with Crippen LogP contribution in [0.3, 0.4) is 0 Å². The number of hydrogen-bond acceptors (Lipinski definition) is 4. The van der Waals surface area contributed by atoms with E-state index in [9.17, 15) is 8.42 Å². The molecule has 3 aliphatic rings. The van der Waals surface area contributed by atoms with Crippen LogP contribution >= 0.6 is 0 Å². The predicted octanol–water partition coefficient (Wildman–Crippen LogP) is 1.93. The smallest absolute Gasteiger partial charge is 0.282 e. The van der Waals surface area contributed by atoms with Crippen LogP contribution in [0.15, 0.2) is 0 Å². The maximum atomic E-state index is 13.1. The summed E-state index contributed by atoms with van der Waals surface area (Å²) < 4.78 is 34.9. The molecular weight excluding hydrogens is 338 g/mol. The first-order chi connectivity index (χ1) is 12.1. The van der Waals surface area contributed by atoms with Gasteiger partial charge in [0.25, 0.3) is 10.2 Å². The molecule has 2 saturated heterocycles. The molecule has 0 N–H and O–H groups in total. The third-order valence-corrected chi connectivity index (χ3v) is 8.12. The number of hydrogen-bond donors (Lipinski definition) is 0. The van der Waals surface area contributed by atoms with E-state index in [1.54, 1.807) is 15.7 Å². The fraction of sp³-hybridized carbons (Fsp3) is 1.00. The average Bonchev–Trinajstić information content (AvgIpc) is 2.90. The van der Waals surface area contributed by atoms with Crippen molar-refractivity contribution in [3.63, 3.8) is 0 Å². The summed E-state index contributed by atoms with van der Waals surface area (Å²) in [6, 6.07) is 0.678. The standard InChI is InChI=1S/C18H35N3O3S/c1-24-16-17-7-5-11-21(15-17)25(22,23)20-12-6-10-19(13-14-20)18-8-3-2-4-9-18/h17-18H,2-16H2,1H3. The van der Waals surface area contributed by atoms with Gasteiger partial charge in [0.05, 0.1) is 6.61 Å². The quantitative estimate of drug-likeness (QED) is 0.739. The Hall–Kier alpha value is -0.210. The van der Waals surface area contributed by atoms with Gasteiger partial charge >= 0.3 is 0 Å². The third kappa shape index (κ3) is 4.95. The Kier molecular flexibility index (Phi) is 7.14. The van der Waals surface area contributed by atoms with Crippen molar-refractivity contribution in [3.05, 3.63) is 0 Å². The molecule has 6 nitrogen and oxygen atoms in total. The summed E-state index contributed by atoms with van der Waals surface area (Å²) in [5.74, 6) is 0.333. The van der Waals surface area contributed by atoms with Crippen molar-refractivity contribution in [2.45, 2.75) is 57.4 Å². The Morgan fingerprint density at radius 1 is 0.840 bits per heavy atom. The zero-order valence-electron chi connectivity index (χ0n) is 15.7. The number of rotatable bonds is 5. The first-order valence-corrected chi connectivity index (χ1v) is 11.5. The minimum absolute atomic E-state index is 0.333. The van der Waals surface area contributed by atoms with Crippen LogP contribution in [0, 0.1) is 5.92 Å². The number of nitrogens with zero attached hydrogens (tertiary/aromatic N) is 3. The highest BCUT2D eigenvalue weighted by Crippen LogP contribution is 2.25. The van der Waals surface area contributed by atoms with Crippen LogP contribution in [0.25, 0.3) is 0 Å². The Balaban J connectivity index is 1.58. The Labute approximate surface area is 153 Å². The zero-order valence-corrected chi connectivity index (χ0v) is 16.6. The van der Waals surface area contributed by atoms with Gasteiger partial charge in [-0.1, -0.05) is 19.3 Å². The molecule has 1 saturated carbocycles. The highest BCUT2D eigenvalue weighted by Gasteiger charge is 2.35. The molecule has 1 unspecified atom stereocenters. The van der Waals surface area contributed by atoms with Crippen LogP contribution in [0.4, 0.5) is 0 Å². The molecule has 0 aromatic carbocycles. The van der Waals surface area contributed by atoms with Gasteiger partial charge in [-0.25, -0.2) is 0 Å². The van der Waals surface area contributed by atoms with E-state index in [0.29, 0.717) is 44.7 Å². The molecule has 0 amide bonds. The lowest BCUT2D eigenvalue weighted by Gasteiger charge is -2.35. The van der Waals surface area contributed by atoms with Gasteiger partial charge in [-0.05, 0) is 44.6 Å². The summed E-state index contributed by atoms with van der Waals surface area (Å²) in [5.41, 5.74) is 0. The highest BCUT2D eigenvalue weighted by atomic mass is 32.2. The second kappa shape index (κ2) is 9.13. The largest absolute Gasteiger partial charge is 0.384 e. The summed E-state index contributed by atoms with van der Waals surface area (Å²) in [7, 11) is -1.63. The van der Waals surface area contributed by atoms with Gasteiger partial charge in [0.15, 0.2) is 0 Å². The molecule has 0 spiro atoms. The van der Waals surface area contributed by atoms with Crippen LogP contribution in [0.5, 0.6) is 0 Å². The van der Waals surface area contributed by atoms with Gasteiger partial charge in [0, 0.05) is 45.9 Å². The summed E-state index contributed by atoms with van der Waals surface area (Å²) in [5, 5.41) is 0. The van der Waals surface area contributed by atoms with E-state index in [1.165, 1.54) is 32.1 Å². The molecule has 3 rings (SSSR count). The fourth-order valence-corrected chi connectivity index (χ4v) is 6.49. The van der Waals surface area contributed by atoms with Gasteiger partial charge in [0.1, 0.15) is 0 Å². The molecule has 1 atom stereocenters. The summed E-state index contributed by atoms with van der Waals surface area (Å²) in [4.78, 5) is 2.55. The van der Waals surface area contributed by atoms with Crippen LogP contribution < -0.4 is 0 Å². The molecule has 0 aromatic rings. The number of ether oxygens (including phenoxy) is 1. The van der Waals surface area contributed by atoms with Crippen molar-refractivity contribution in [1.29, 1.82) is 0 Å². The average molecular weight is 374 g/mol. The van der Waals surface area contributed by atoms with Gasteiger partial charge in [-0.15, -0.1) is 0 Å². The monoisotopic (exact) mass is 373 g/mol. The number of methoxy groups -OCH3 is 1. The van der Waals surface area contributed by atoms with Crippen molar-refractivity contribution in [2.24, 2.45) is 5.92 Å². The topological polar surface area (TPSA) is 53.1 Å². The molecule has 3 fully saturated rings. The second-order valence-electron chi connectivity index (χ2n) is 7.91. The van der Waals surface area contributed by atoms with E-state index >= 15 is 0 Å². The van der Waals surface area contributed by atoms with Crippen molar-refractivity contribution in [3.8, 4) is 0 Å². The second-order valence-corrected chi connectivity index (χ2v) is 9.84. The van der Waals surface area contributed by atoms with E-state index in [4.69, 9.17) is 4.74 Å². The molecule has 0 radical (unpaired) electrons. The Morgan fingerprint density at radius 3 is 2.36 bits per heavy atom. The minimum Gasteiger partial charge on any atom is -0.384 e. The van der Waals surface area contributed by atoms with Gasteiger partial charge in [-0.2, -0.15) is 17.0 Å². The lowest BCUT2D eigenvalue weighted by Crippen LogP contribution is -2.49. The molecule has 0 aromatic heterocycles. The van der Waals surface area contributed by atoms with Crippen LogP contribution in [0.2, 0.25) is 0 Å². The fourth-order valence-electron chi connectivity index (χ4n) is 4.73. The SMILES string of the molecule is COCC1CCCN(S(=O)(=O)N2CCCN(C3CCCCC3)CC2)C1. The van der Waals surface area contributed by atoms with Gasteiger partial charge < -0.3 is 4.74 Å². The lowest BCUT2D eigenvalue weighted by molar-refractivity contribution is 0.116. The van der Waals surface area contributed by atoms with Gasteiger partial charge in [-0.3, -0.25) is 4.90 Å². The zero-order chi connectivity index (χ0) is 17.7. The van der Waals surface area contributed by atoms with E-state index in [1.807, 2.05) is 0 Å². The van der Waals surface area contributed by atoms with Crippen molar-refractivity contribution in [1.82, 2.24) is 13.5 Å². The molecule has 0 bridgehead atoms. The molecule has 2 heterocycles. The predicted molar refractivity (Wildman–Crippen MR) is 99.7 cm³/mol. The summed E-state index contributed by atoms with van der Waals surface area (Å²) in [6.45, 7) is 5.16. The van der Waals surface area contributed by atoms with Crippen molar-refractivity contribution >= 4 is 10.2 Å². The van der Waals surface area contributed by atoms with Crippen LogP contribution in [0.1, 0.15) is 51.4 Å². The molecule has 7 heteroatoms. The summed E-state index contributed by atoms with van der Waals surface area (Å²) in [6.07, 6.45) is 9.56. The van der Waals surface area contributed by atoms with Gasteiger partial charge in [0.2, 0.25) is 0 Å². The molecule has 25 heavy (non-hydrogen) atoms. The van der Waals surface area contributed by atoms with Crippen molar-refractivity contribution in [2.75, 3.05) is 53.0 Å². The third-order valence-electron chi connectivity index (χ3n) is 6.12. The maximum Gasteiger partial charge on any atom is 0.282 e. The molecular formula is C18H35N3O3S. The van der Waals surface area contributed by atoms with Crippen LogP contribution in [-0.2, 0) is 14.9 Å². The lowest BCUT2D eigenvalue weighted by atomic mass is 9.94. The first-order valence-electron chi connectivity index (χ1n) is 10.1. The molecule has 1 aliphatic carbocycles. The van der Waals surface area contributed by atoms with E-state index in [2.05, 4.69) is 4.90 Å². The Bertz CT molecular complexity index is 506. The normalized spacial score (nSPS) is 29.6. The minimum atomic E-state index is -3.33. The first kappa shape index (κ1) is 19.5. The molecule has 146 valence electrons. The van der Waals surface area contributed by atoms with E-state index < -0.39 is 10.2 Å². The van der Waals surface area contributed by atoms with Crippen molar-refractivity contribution < 1.29 is 13.2 Å².